The molecule has 0 saturated carbocycles. The number of nitrogens with zero attached hydrogens (tertiary/aromatic N) is 6. The van der Waals surface area contributed by atoms with Crippen molar-refractivity contribution in [3.05, 3.63) is 23.5 Å². The Bertz CT molecular complexity index is 1100. The summed E-state index contributed by atoms with van der Waals surface area (Å²) in [6, 6.07) is 0. The molecule has 0 amide bonds. The Kier molecular flexibility index (Phi) is 18.6. The number of rotatable bonds is 20. The fraction of sp³-hybridized carbons (Fsp3) is 0.733. The van der Waals surface area contributed by atoms with E-state index < -0.39 is 0 Å². The second-order valence-corrected chi connectivity index (χ2v) is 11.5. The van der Waals surface area contributed by atoms with Crippen LogP contribution in [0.25, 0.3) is 11.1 Å². The van der Waals surface area contributed by atoms with Gasteiger partial charge in [0.25, 0.3) is 11.8 Å². The van der Waals surface area contributed by atoms with Gasteiger partial charge in [-0.25, -0.2) is 0 Å². The molecule has 0 fully saturated rings. The van der Waals surface area contributed by atoms with E-state index in [1.165, 1.54) is 34.6 Å². The molecule has 2 aromatic heterocycles. The SMILES string of the molecule is CCCCOCCOCCOc1nsnc1C1=CCCN(C)C1.CCOCCOCCOc1nsnc1C1=CCCN(C)C1. The van der Waals surface area contributed by atoms with Crippen molar-refractivity contribution in [1.82, 2.24) is 27.3 Å². The highest BCUT2D eigenvalue weighted by molar-refractivity contribution is 6.99. The minimum atomic E-state index is 0.480. The summed E-state index contributed by atoms with van der Waals surface area (Å²) in [6.45, 7) is 14.1. The predicted molar refractivity (Wildman–Crippen MR) is 175 cm³/mol. The van der Waals surface area contributed by atoms with Crippen LogP contribution in [0.1, 0.15) is 50.9 Å². The number of unbranched alkanes of at least 4 members (excludes halogenated alkanes) is 1. The fourth-order valence-electron chi connectivity index (χ4n) is 4.40. The Labute approximate surface area is 271 Å². The van der Waals surface area contributed by atoms with E-state index in [0.29, 0.717) is 64.6 Å². The van der Waals surface area contributed by atoms with Crippen LogP contribution in [0.5, 0.6) is 11.8 Å². The monoisotopic (exact) mass is 654 g/mol. The molecule has 4 heterocycles. The van der Waals surface area contributed by atoms with Gasteiger partial charge in [-0.15, -0.1) is 8.75 Å². The zero-order valence-corrected chi connectivity index (χ0v) is 28.5. The minimum absolute atomic E-state index is 0.480. The number of hydrogen-bond acceptors (Lipinski definition) is 14. The average Bonchev–Trinajstić information content (AvgIpc) is 3.70. The van der Waals surface area contributed by atoms with Crippen LogP contribution in [0.4, 0.5) is 0 Å². The molecule has 0 saturated heterocycles. The number of likely N-dealkylation sites (N-methyl/N-ethyl adjacent to an activating group) is 2. The highest BCUT2D eigenvalue weighted by Gasteiger charge is 2.19. The van der Waals surface area contributed by atoms with Gasteiger partial charge in [0, 0.05) is 39.4 Å². The molecule has 2 aromatic rings. The smallest absolute Gasteiger partial charge is 0.253 e. The first-order valence-corrected chi connectivity index (χ1v) is 17.1. The molecular formula is C30H50N6O6S2. The van der Waals surface area contributed by atoms with Gasteiger partial charge in [-0.3, -0.25) is 0 Å². The topological polar surface area (TPSA) is 113 Å². The van der Waals surface area contributed by atoms with Crippen molar-refractivity contribution in [3.8, 4) is 11.8 Å². The molecule has 0 aromatic carbocycles. The lowest BCUT2D eigenvalue weighted by Crippen LogP contribution is -2.25. The van der Waals surface area contributed by atoms with Crippen LogP contribution in [-0.2, 0) is 18.9 Å². The molecule has 14 heteroatoms. The van der Waals surface area contributed by atoms with E-state index in [1.54, 1.807) is 0 Å². The summed E-state index contributed by atoms with van der Waals surface area (Å²) in [7, 11) is 4.23. The standard InChI is InChI=1S/C16H27N3O3S.C14H23N3O3S/c1-3-4-8-20-9-10-21-11-12-22-16-15(17-23-18-16)14-6-5-7-19(2)13-14;1-3-18-7-8-19-9-10-20-14-13(15-21-16-14)12-5-4-6-17(2)11-12/h6H,3-5,7-13H2,1-2H3;5H,3-4,6-11H2,1-2H3. The number of hydrogen-bond donors (Lipinski definition) is 0. The molecule has 12 nitrogen and oxygen atoms in total. The largest absolute Gasteiger partial charge is 0.473 e. The number of aromatic nitrogens is 4. The summed E-state index contributed by atoms with van der Waals surface area (Å²) in [6.07, 6.45) is 8.81. The summed E-state index contributed by atoms with van der Waals surface area (Å²) in [5, 5.41) is 0. The Balaban J connectivity index is 0.000000241. The van der Waals surface area contributed by atoms with Crippen LogP contribution in [0.2, 0.25) is 0 Å². The zero-order chi connectivity index (χ0) is 31.2. The van der Waals surface area contributed by atoms with Crippen LogP contribution in [0.3, 0.4) is 0 Å². The van der Waals surface area contributed by atoms with Crippen molar-refractivity contribution in [2.24, 2.45) is 0 Å². The normalized spacial score (nSPS) is 15.8. The predicted octanol–water partition coefficient (Wildman–Crippen LogP) is 4.16. The molecule has 248 valence electrons. The highest BCUT2D eigenvalue weighted by atomic mass is 32.1. The second kappa shape index (κ2) is 22.5. The lowest BCUT2D eigenvalue weighted by Gasteiger charge is -2.22. The molecule has 44 heavy (non-hydrogen) atoms. The van der Waals surface area contributed by atoms with Crippen LogP contribution < -0.4 is 9.47 Å². The number of ether oxygens (including phenoxy) is 6. The van der Waals surface area contributed by atoms with Gasteiger partial charge in [0.05, 0.1) is 63.1 Å². The zero-order valence-electron chi connectivity index (χ0n) is 26.8. The van der Waals surface area contributed by atoms with E-state index in [9.17, 15) is 0 Å². The van der Waals surface area contributed by atoms with E-state index in [-0.39, 0.29) is 0 Å². The van der Waals surface area contributed by atoms with Crippen LogP contribution >= 0.6 is 23.5 Å². The van der Waals surface area contributed by atoms with E-state index in [0.717, 1.165) is 76.5 Å². The molecule has 2 aliphatic heterocycles. The van der Waals surface area contributed by atoms with Crippen LogP contribution in [0.15, 0.2) is 12.2 Å². The van der Waals surface area contributed by atoms with E-state index in [1.807, 2.05) is 6.92 Å². The van der Waals surface area contributed by atoms with Crippen LogP contribution in [0, 0.1) is 0 Å². The average molecular weight is 655 g/mol. The van der Waals surface area contributed by atoms with Gasteiger partial charge in [0.15, 0.2) is 0 Å². The van der Waals surface area contributed by atoms with Crippen molar-refractivity contribution < 1.29 is 28.4 Å². The maximum atomic E-state index is 5.72. The summed E-state index contributed by atoms with van der Waals surface area (Å²) >= 11 is 2.39. The fourth-order valence-corrected chi connectivity index (χ4v) is 5.46. The molecule has 0 radical (unpaired) electrons. The van der Waals surface area contributed by atoms with Gasteiger partial charge in [0.1, 0.15) is 24.6 Å². The molecule has 0 spiro atoms. The first-order valence-electron chi connectivity index (χ1n) is 15.6. The third-order valence-electron chi connectivity index (χ3n) is 6.73. The van der Waals surface area contributed by atoms with Gasteiger partial charge in [-0.2, -0.15) is 8.75 Å². The van der Waals surface area contributed by atoms with Crippen molar-refractivity contribution in [1.29, 1.82) is 0 Å². The lowest BCUT2D eigenvalue weighted by atomic mass is 10.1. The van der Waals surface area contributed by atoms with Crippen molar-refractivity contribution in [2.45, 2.75) is 39.5 Å². The van der Waals surface area contributed by atoms with E-state index in [4.69, 9.17) is 28.4 Å². The first kappa shape index (κ1) is 36.4. The highest BCUT2D eigenvalue weighted by Crippen LogP contribution is 2.28. The molecule has 0 atom stereocenters. The van der Waals surface area contributed by atoms with E-state index in [2.05, 4.69) is 60.5 Å². The molecule has 0 N–H and O–H groups in total. The third kappa shape index (κ3) is 13.9. The second-order valence-electron chi connectivity index (χ2n) is 10.4. The quantitative estimate of drug-likeness (QED) is 0.191. The van der Waals surface area contributed by atoms with Crippen molar-refractivity contribution in [3.63, 3.8) is 0 Å². The molecule has 0 aliphatic carbocycles. The van der Waals surface area contributed by atoms with Gasteiger partial charge in [-0.1, -0.05) is 25.5 Å². The summed E-state index contributed by atoms with van der Waals surface area (Å²) in [5.41, 5.74) is 4.16. The maximum Gasteiger partial charge on any atom is 0.253 e. The van der Waals surface area contributed by atoms with Crippen LogP contribution in [-0.4, -0.2) is 134 Å². The Morgan fingerprint density at radius 1 is 0.614 bits per heavy atom. The first-order chi connectivity index (χ1) is 21.6. The van der Waals surface area contributed by atoms with Crippen molar-refractivity contribution in [2.75, 3.05) is 106 Å². The Morgan fingerprint density at radius 2 is 1.07 bits per heavy atom. The summed E-state index contributed by atoms with van der Waals surface area (Å²) in [4.78, 5) is 4.55. The maximum absolute atomic E-state index is 5.72. The third-order valence-corrected chi connectivity index (χ3v) is 7.76. The van der Waals surface area contributed by atoms with Gasteiger partial charge in [-0.05, 0) is 51.4 Å². The van der Waals surface area contributed by atoms with Gasteiger partial charge < -0.3 is 38.2 Å². The Morgan fingerprint density at radius 3 is 1.52 bits per heavy atom. The van der Waals surface area contributed by atoms with Gasteiger partial charge in [0.2, 0.25) is 0 Å². The molecule has 0 unspecified atom stereocenters. The van der Waals surface area contributed by atoms with Crippen molar-refractivity contribution >= 4 is 34.6 Å². The Hall–Kier alpha value is -2.04. The summed E-state index contributed by atoms with van der Waals surface area (Å²) < 4.78 is 50.2. The lowest BCUT2D eigenvalue weighted by molar-refractivity contribution is 0.0351. The van der Waals surface area contributed by atoms with Gasteiger partial charge >= 0.3 is 0 Å². The molecule has 0 bridgehead atoms. The minimum Gasteiger partial charge on any atom is -0.473 e. The summed E-state index contributed by atoms with van der Waals surface area (Å²) in [5.74, 6) is 1.24. The molecule has 2 aliphatic rings. The molecular weight excluding hydrogens is 605 g/mol. The molecule has 4 rings (SSSR count). The van der Waals surface area contributed by atoms with E-state index >= 15 is 0 Å².